The summed E-state index contributed by atoms with van der Waals surface area (Å²) in [6.07, 6.45) is 0. The first kappa shape index (κ1) is 10.1. The molecule has 0 spiro atoms. The average molecular weight is 208 g/mol. The van der Waals surface area contributed by atoms with Gasteiger partial charge in [-0.2, -0.15) is 0 Å². The number of ether oxygens (including phenoxy) is 3. The highest BCUT2D eigenvalue weighted by molar-refractivity contribution is 5.51. The van der Waals surface area contributed by atoms with Crippen molar-refractivity contribution in [3.8, 4) is 17.2 Å². The molecule has 0 fully saturated rings. The lowest BCUT2D eigenvalue weighted by Gasteiger charge is -2.21. The summed E-state index contributed by atoms with van der Waals surface area (Å²) in [5, 5.41) is 0. The molecule has 0 saturated heterocycles. The lowest BCUT2D eigenvalue weighted by atomic mass is 10.2. The van der Waals surface area contributed by atoms with Crippen LogP contribution in [0.4, 0.5) is 0 Å². The van der Waals surface area contributed by atoms with Crippen molar-refractivity contribution in [2.75, 3.05) is 19.8 Å². The quantitative estimate of drug-likeness (QED) is 0.763. The molecule has 0 amide bonds. The van der Waals surface area contributed by atoms with E-state index < -0.39 is 0 Å². The van der Waals surface area contributed by atoms with E-state index in [1.54, 1.807) is 0 Å². The van der Waals surface area contributed by atoms with Crippen molar-refractivity contribution in [3.63, 3.8) is 0 Å². The van der Waals surface area contributed by atoms with E-state index in [0.717, 1.165) is 17.2 Å². The zero-order valence-corrected chi connectivity index (χ0v) is 9.16. The largest absolute Gasteiger partial charge is 0.489 e. The fourth-order valence-electron chi connectivity index (χ4n) is 1.42. The average Bonchev–Trinajstić information content (AvgIpc) is 2.26. The Kier molecular flexibility index (Phi) is 2.99. The first-order valence-corrected chi connectivity index (χ1v) is 5.29. The first-order chi connectivity index (χ1) is 7.27. The van der Waals surface area contributed by atoms with E-state index in [-0.39, 0.29) is 0 Å². The number of para-hydroxylation sites is 1. The van der Waals surface area contributed by atoms with Crippen LogP contribution in [-0.4, -0.2) is 19.8 Å². The Balaban J connectivity index is 2.16. The van der Waals surface area contributed by atoms with Gasteiger partial charge in [-0.3, -0.25) is 0 Å². The smallest absolute Gasteiger partial charge is 0.203 e. The minimum atomic E-state index is 0.505. The molecule has 1 aliphatic heterocycles. The molecule has 3 heteroatoms. The summed E-state index contributed by atoms with van der Waals surface area (Å²) in [6, 6.07) is 5.73. The molecular formula is C12H16O3. The van der Waals surface area contributed by atoms with Crippen molar-refractivity contribution in [1.82, 2.24) is 0 Å². The van der Waals surface area contributed by atoms with Gasteiger partial charge in [0.15, 0.2) is 11.5 Å². The van der Waals surface area contributed by atoms with Gasteiger partial charge in [0.2, 0.25) is 5.75 Å². The van der Waals surface area contributed by atoms with Crippen LogP contribution in [0.1, 0.15) is 13.8 Å². The van der Waals surface area contributed by atoms with Crippen LogP contribution in [0, 0.1) is 5.92 Å². The highest BCUT2D eigenvalue weighted by Gasteiger charge is 2.16. The van der Waals surface area contributed by atoms with Crippen LogP contribution in [-0.2, 0) is 0 Å². The molecule has 0 unspecified atom stereocenters. The summed E-state index contributed by atoms with van der Waals surface area (Å²) in [7, 11) is 0. The Morgan fingerprint density at radius 2 is 2.07 bits per heavy atom. The third-order valence-corrected chi connectivity index (χ3v) is 2.10. The van der Waals surface area contributed by atoms with Gasteiger partial charge in [-0.15, -0.1) is 0 Å². The van der Waals surface area contributed by atoms with E-state index in [0.29, 0.717) is 25.7 Å². The molecule has 1 heterocycles. The molecule has 0 saturated carbocycles. The maximum atomic E-state index is 5.66. The highest BCUT2D eigenvalue weighted by atomic mass is 16.6. The molecule has 1 aromatic rings. The van der Waals surface area contributed by atoms with Crippen LogP contribution in [0.3, 0.4) is 0 Å². The first-order valence-electron chi connectivity index (χ1n) is 5.29. The normalized spacial score (nSPS) is 14.1. The number of benzene rings is 1. The zero-order chi connectivity index (χ0) is 10.7. The van der Waals surface area contributed by atoms with Gasteiger partial charge < -0.3 is 14.2 Å². The molecular weight excluding hydrogens is 192 g/mol. The second kappa shape index (κ2) is 4.43. The Labute approximate surface area is 90.0 Å². The van der Waals surface area contributed by atoms with E-state index >= 15 is 0 Å². The maximum Gasteiger partial charge on any atom is 0.203 e. The van der Waals surface area contributed by atoms with Gasteiger partial charge in [-0.1, -0.05) is 19.9 Å². The molecule has 0 N–H and O–H groups in total. The van der Waals surface area contributed by atoms with Gasteiger partial charge in [0.25, 0.3) is 0 Å². The van der Waals surface area contributed by atoms with Crippen molar-refractivity contribution in [1.29, 1.82) is 0 Å². The number of hydrogen-bond donors (Lipinski definition) is 0. The topological polar surface area (TPSA) is 27.7 Å². The summed E-state index contributed by atoms with van der Waals surface area (Å²) in [5.74, 6) is 2.80. The molecule has 2 rings (SSSR count). The van der Waals surface area contributed by atoms with E-state index in [9.17, 15) is 0 Å². The zero-order valence-electron chi connectivity index (χ0n) is 9.16. The summed E-state index contributed by atoms with van der Waals surface area (Å²) in [4.78, 5) is 0. The van der Waals surface area contributed by atoms with Gasteiger partial charge in [-0.25, -0.2) is 0 Å². The monoisotopic (exact) mass is 208 g/mol. The number of hydrogen-bond acceptors (Lipinski definition) is 3. The van der Waals surface area contributed by atoms with E-state index in [4.69, 9.17) is 14.2 Å². The fourth-order valence-corrected chi connectivity index (χ4v) is 1.42. The SMILES string of the molecule is CC(C)COc1cccc2c1OCCO2. The number of rotatable bonds is 3. The maximum absolute atomic E-state index is 5.66. The fraction of sp³-hybridized carbons (Fsp3) is 0.500. The molecule has 1 aromatic carbocycles. The summed E-state index contributed by atoms with van der Waals surface area (Å²) < 4.78 is 16.7. The molecule has 3 nitrogen and oxygen atoms in total. The lowest BCUT2D eigenvalue weighted by Crippen LogP contribution is -2.16. The second-order valence-corrected chi connectivity index (χ2v) is 3.99. The van der Waals surface area contributed by atoms with Gasteiger partial charge in [0, 0.05) is 0 Å². The van der Waals surface area contributed by atoms with E-state index in [1.165, 1.54) is 0 Å². The predicted octanol–water partition coefficient (Wildman–Crippen LogP) is 2.49. The predicted molar refractivity (Wildman–Crippen MR) is 57.8 cm³/mol. The van der Waals surface area contributed by atoms with Crippen LogP contribution < -0.4 is 14.2 Å². The summed E-state index contributed by atoms with van der Waals surface area (Å²) in [6.45, 7) is 6.13. The minimum Gasteiger partial charge on any atom is -0.489 e. The van der Waals surface area contributed by atoms with Crippen molar-refractivity contribution in [2.45, 2.75) is 13.8 Å². The second-order valence-electron chi connectivity index (χ2n) is 3.99. The van der Waals surface area contributed by atoms with E-state index in [1.807, 2.05) is 18.2 Å². The van der Waals surface area contributed by atoms with Gasteiger partial charge in [0.05, 0.1) is 6.61 Å². The van der Waals surface area contributed by atoms with Gasteiger partial charge in [0.1, 0.15) is 13.2 Å². The van der Waals surface area contributed by atoms with Crippen molar-refractivity contribution in [3.05, 3.63) is 18.2 Å². The third kappa shape index (κ3) is 2.35. The molecule has 1 aliphatic rings. The standard InChI is InChI=1S/C12H16O3/c1-9(2)8-15-11-5-3-4-10-12(11)14-7-6-13-10/h3-5,9H,6-8H2,1-2H3. The number of fused-ring (bicyclic) bond motifs is 1. The van der Waals surface area contributed by atoms with Crippen LogP contribution in [0.5, 0.6) is 17.2 Å². The van der Waals surface area contributed by atoms with Crippen LogP contribution in [0.25, 0.3) is 0 Å². The van der Waals surface area contributed by atoms with Crippen LogP contribution in [0.2, 0.25) is 0 Å². The van der Waals surface area contributed by atoms with Gasteiger partial charge in [-0.05, 0) is 18.1 Å². The third-order valence-electron chi connectivity index (χ3n) is 2.10. The molecule has 0 radical (unpaired) electrons. The summed E-state index contributed by atoms with van der Waals surface area (Å²) in [5.41, 5.74) is 0. The molecule has 0 aliphatic carbocycles. The Bertz CT molecular complexity index is 334. The Morgan fingerprint density at radius 3 is 2.87 bits per heavy atom. The summed E-state index contributed by atoms with van der Waals surface area (Å²) >= 11 is 0. The molecule has 0 atom stereocenters. The van der Waals surface area contributed by atoms with Crippen molar-refractivity contribution < 1.29 is 14.2 Å². The van der Waals surface area contributed by atoms with Crippen LogP contribution >= 0.6 is 0 Å². The van der Waals surface area contributed by atoms with Crippen LogP contribution in [0.15, 0.2) is 18.2 Å². The van der Waals surface area contributed by atoms with E-state index in [2.05, 4.69) is 13.8 Å². The highest BCUT2D eigenvalue weighted by Crippen LogP contribution is 2.38. The minimum absolute atomic E-state index is 0.505. The van der Waals surface area contributed by atoms with Crippen molar-refractivity contribution in [2.24, 2.45) is 5.92 Å². The van der Waals surface area contributed by atoms with Gasteiger partial charge >= 0.3 is 0 Å². The molecule has 0 bridgehead atoms. The van der Waals surface area contributed by atoms with Crippen molar-refractivity contribution >= 4 is 0 Å². The molecule has 82 valence electrons. The lowest BCUT2D eigenvalue weighted by molar-refractivity contribution is 0.159. The Morgan fingerprint density at radius 1 is 1.27 bits per heavy atom. The molecule has 0 aromatic heterocycles. The molecule has 15 heavy (non-hydrogen) atoms. The Hall–Kier alpha value is -1.38.